The second-order valence-corrected chi connectivity index (χ2v) is 7.12. The Bertz CT molecular complexity index is 232. The van der Waals surface area contributed by atoms with Gasteiger partial charge in [-0.3, -0.25) is 0 Å². The van der Waals surface area contributed by atoms with Crippen LogP contribution in [0.4, 0.5) is 0 Å². The van der Waals surface area contributed by atoms with Crippen molar-refractivity contribution in [2.75, 3.05) is 6.61 Å². The van der Waals surface area contributed by atoms with Crippen LogP contribution in [0.2, 0.25) is 0 Å². The van der Waals surface area contributed by atoms with Crippen LogP contribution in [0.3, 0.4) is 0 Å². The summed E-state index contributed by atoms with van der Waals surface area (Å²) in [5.41, 5.74) is 6.80. The van der Waals surface area contributed by atoms with Gasteiger partial charge in [-0.15, -0.1) is 0 Å². The van der Waals surface area contributed by atoms with Gasteiger partial charge in [-0.1, -0.05) is 27.2 Å². The molecule has 0 aromatic carbocycles. The van der Waals surface area contributed by atoms with Crippen LogP contribution in [0.5, 0.6) is 0 Å². The molecule has 0 aliphatic heterocycles. The van der Waals surface area contributed by atoms with Gasteiger partial charge in [0.1, 0.15) is 0 Å². The molecule has 102 valence electrons. The molecule has 0 aromatic heterocycles. The Balaban J connectivity index is 2.73. The molecule has 17 heavy (non-hydrogen) atoms. The third kappa shape index (κ3) is 3.69. The van der Waals surface area contributed by atoms with Crippen LogP contribution in [0.1, 0.15) is 66.2 Å². The second kappa shape index (κ2) is 5.71. The molecular formula is C15H31NO. The van der Waals surface area contributed by atoms with Gasteiger partial charge >= 0.3 is 0 Å². The molecule has 1 saturated carbocycles. The molecule has 1 aliphatic rings. The molecule has 0 saturated heterocycles. The Labute approximate surface area is 107 Å². The largest absolute Gasteiger partial charge is 0.396 e. The van der Waals surface area contributed by atoms with Gasteiger partial charge in [-0.25, -0.2) is 0 Å². The Morgan fingerprint density at radius 1 is 1.29 bits per heavy atom. The highest BCUT2D eigenvalue weighted by atomic mass is 16.3. The van der Waals surface area contributed by atoms with Crippen molar-refractivity contribution >= 4 is 0 Å². The van der Waals surface area contributed by atoms with E-state index in [1.165, 1.54) is 32.1 Å². The Hall–Kier alpha value is -0.0800. The van der Waals surface area contributed by atoms with Gasteiger partial charge in [0, 0.05) is 12.6 Å². The van der Waals surface area contributed by atoms with E-state index in [1.54, 1.807) is 0 Å². The first-order chi connectivity index (χ1) is 7.82. The second-order valence-electron chi connectivity index (χ2n) is 7.12. The summed E-state index contributed by atoms with van der Waals surface area (Å²) in [7, 11) is 0. The average molecular weight is 241 g/mol. The van der Waals surface area contributed by atoms with Crippen molar-refractivity contribution in [2.45, 2.75) is 72.3 Å². The summed E-state index contributed by atoms with van der Waals surface area (Å²) in [4.78, 5) is 0. The summed E-state index contributed by atoms with van der Waals surface area (Å²) in [6, 6.07) is 0.202. The zero-order valence-corrected chi connectivity index (χ0v) is 12.1. The SMILES string of the molecule is CC(N)C1(CCO)CCCC(C(C)(C)C)CC1. The van der Waals surface area contributed by atoms with Crippen molar-refractivity contribution in [3.8, 4) is 0 Å². The van der Waals surface area contributed by atoms with E-state index in [9.17, 15) is 5.11 Å². The molecule has 1 aliphatic carbocycles. The molecular weight excluding hydrogens is 210 g/mol. The monoisotopic (exact) mass is 241 g/mol. The predicted octanol–water partition coefficient (Wildman–Crippen LogP) is 3.33. The third-order valence-electron chi connectivity index (χ3n) is 5.02. The lowest BCUT2D eigenvalue weighted by molar-refractivity contribution is 0.126. The summed E-state index contributed by atoms with van der Waals surface area (Å²) in [6.45, 7) is 9.45. The summed E-state index contributed by atoms with van der Waals surface area (Å²) in [5, 5.41) is 9.29. The molecule has 1 fully saturated rings. The number of hydrogen-bond donors (Lipinski definition) is 2. The summed E-state index contributed by atoms with van der Waals surface area (Å²) in [5.74, 6) is 0.807. The van der Waals surface area contributed by atoms with Gasteiger partial charge in [0.05, 0.1) is 0 Å². The zero-order valence-electron chi connectivity index (χ0n) is 12.1. The van der Waals surface area contributed by atoms with Crippen LogP contribution in [0.15, 0.2) is 0 Å². The van der Waals surface area contributed by atoms with E-state index in [1.807, 2.05) is 0 Å². The molecule has 3 atom stereocenters. The lowest BCUT2D eigenvalue weighted by atomic mass is 9.71. The van der Waals surface area contributed by atoms with Crippen molar-refractivity contribution in [2.24, 2.45) is 22.5 Å². The van der Waals surface area contributed by atoms with Gasteiger partial charge in [0.2, 0.25) is 0 Å². The number of hydrogen-bond acceptors (Lipinski definition) is 2. The zero-order chi connectivity index (χ0) is 13.1. The third-order valence-corrected chi connectivity index (χ3v) is 5.02. The standard InChI is InChI=1S/C15H31NO/c1-12(16)15(10-11-17)8-5-6-13(7-9-15)14(2,3)4/h12-13,17H,5-11,16H2,1-4H3. The maximum absolute atomic E-state index is 9.29. The molecule has 0 heterocycles. The van der Waals surface area contributed by atoms with Gasteiger partial charge in [0.25, 0.3) is 0 Å². The molecule has 0 bridgehead atoms. The number of rotatable bonds is 3. The van der Waals surface area contributed by atoms with Gasteiger partial charge in [-0.2, -0.15) is 0 Å². The number of nitrogens with two attached hydrogens (primary N) is 1. The first-order valence-electron chi connectivity index (χ1n) is 7.18. The van der Waals surface area contributed by atoms with Crippen LogP contribution in [-0.2, 0) is 0 Å². The van der Waals surface area contributed by atoms with Crippen LogP contribution in [0, 0.1) is 16.7 Å². The van der Waals surface area contributed by atoms with E-state index in [-0.39, 0.29) is 18.1 Å². The van der Waals surface area contributed by atoms with Gasteiger partial charge in [-0.05, 0) is 55.8 Å². The minimum atomic E-state index is 0.189. The summed E-state index contributed by atoms with van der Waals surface area (Å²) >= 11 is 0. The lowest BCUT2D eigenvalue weighted by Crippen LogP contribution is -2.40. The maximum atomic E-state index is 9.29. The van der Waals surface area contributed by atoms with Crippen molar-refractivity contribution < 1.29 is 5.11 Å². The molecule has 2 nitrogen and oxygen atoms in total. The van der Waals surface area contributed by atoms with Crippen LogP contribution in [-0.4, -0.2) is 17.8 Å². The van der Waals surface area contributed by atoms with Crippen LogP contribution < -0.4 is 5.73 Å². The highest BCUT2D eigenvalue weighted by molar-refractivity contribution is 4.91. The molecule has 3 unspecified atom stereocenters. The quantitative estimate of drug-likeness (QED) is 0.745. The molecule has 0 aromatic rings. The minimum Gasteiger partial charge on any atom is -0.396 e. The fourth-order valence-electron chi connectivity index (χ4n) is 3.45. The van der Waals surface area contributed by atoms with Crippen molar-refractivity contribution in [3.05, 3.63) is 0 Å². The first kappa shape index (κ1) is 15.0. The van der Waals surface area contributed by atoms with E-state index in [4.69, 9.17) is 5.73 Å². The van der Waals surface area contributed by atoms with E-state index in [0.29, 0.717) is 5.41 Å². The maximum Gasteiger partial charge on any atom is 0.0436 e. The average Bonchev–Trinajstić information content (AvgIpc) is 2.41. The molecule has 2 heteroatoms. The van der Waals surface area contributed by atoms with E-state index < -0.39 is 0 Å². The van der Waals surface area contributed by atoms with E-state index in [0.717, 1.165) is 12.3 Å². The van der Waals surface area contributed by atoms with E-state index >= 15 is 0 Å². The van der Waals surface area contributed by atoms with Crippen molar-refractivity contribution in [1.29, 1.82) is 0 Å². The molecule has 3 N–H and O–H groups in total. The van der Waals surface area contributed by atoms with Crippen LogP contribution in [0.25, 0.3) is 0 Å². The Morgan fingerprint density at radius 3 is 2.41 bits per heavy atom. The summed E-state index contributed by atoms with van der Waals surface area (Å²) < 4.78 is 0. The van der Waals surface area contributed by atoms with E-state index in [2.05, 4.69) is 27.7 Å². The Morgan fingerprint density at radius 2 is 1.94 bits per heavy atom. The van der Waals surface area contributed by atoms with Crippen molar-refractivity contribution in [1.82, 2.24) is 0 Å². The normalized spacial score (nSPS) is 33.2. The highest BCUT2D eigenvalue weighted by Gasteiger charge is 2.38. The lowest BCUT2D eigenvalue weighted by Gasteiger charge is -2.37. The predicted molar refractivity (Wildman–Crippen MR) is 73.8 cm³/mol. The van der Waals surface area contributed by atoms with Gasteiger partial charge < -0.3 is 10.8 Å². The molecule has 0 radical (unpaired) electrons. The summed E-state index contributed by atoms with van der Waals surface area (Å²) in [6.07, 6.45) is 7.12. The van der Waals surface area contributed by atoms with Crippen molar-refractivity contribution in [3.63, 3.8) is 0 Å². The molecule has 0 amide bonds. The minimum absolute atomic E-state index is 0.189. The highest BCUT2D eigenvalue weighted by Crippen LogP contribution is 2.45. The fourth-order valence-corrected chi connectivity index (χ4v) is 3.45. The van der Waals surface area contributed by atoms with Crippen LogP contribution >= 0.6 is 0 Å². The fraction of sp³-hybridized carbons (Fsp3) is 1.00. The number of aliphatic hydroxyl groups is 1. The smallest absolute Gasteiger partial charge is 0.0436 e. The Kier molecular flexibility index (Phi) is 5.03. The van der Waals surface area contributed by atoms with Gasteiger partial charge in [0.15, 0.2) is 0 Å². The molecule has 0 spiro atoms. The topological polar surface area (TPSA) is 46.2 Å². The first-order valence-corrected chi connectivity index (χ1v) is 7.18. The molecule has 1 rings (SSSR count). The number of aliphatic hydroxyl groups excluding tert-OH is 1.